The van der Waals surface area contributed by atoms with Crippen molar-refractivity contribution in [2.24, 2.45) is 12.5 Å². The predicted molar refractivity (Wildman–Crippen MR) is 151 cm³/mol. The number of anilines is 1. The summed E-state index contributed by atoms with van der Waals surface area (Å²) in [5, 5.41) is 16.4. The summed E-state index contributed by atoms with van der Waals surface area (Å²) in [7, 11) is 1.98. The van der Waals surface area contributed by atoms with Crippen molar-refractivity contribution in [1.82, 2.24) is 40.2 Å². The third-order valence-electron chi connectivity index (χ3n) is 10.1. The normalized spacial score (nSPS) is 28.2. The number of amides is 1. The van der Waals surface area contributed by atoms with Crippen molar-refractivity contribution in [2.45, 2.75) is 90.4 Å². The second-order valence-electron chi connectivity index (χ2n) is 12.7. The molecule has 0 radical (unpaired) electrons. The van der Waals surface area contributed by atoms with Gasteiger partial charge in [0.2, 0.25) is 0 Å². The molecule has 2 aliphatic heterocycles. The highest BCUT2D eigenvalue weighted by molar-refractivity contribution is 5.88. The zero-order chi connectivity index (χ0) is 27.6. The van der Waals surface area contributed by atoms with Crippen molar-refractivity contribution in [1.29, 1.82) is 0 Å². The van der Waals surface area contributed by atoms with Crippen LogP contribution >= 0.6 is 0 Å². The molecule has 4 fully saturated rings. The molecule has 40 heavy (non-hydrogen) atoms. The van der Waals surface area contributed by atoms with E-state index >= 15 is 0 Å². The second-order valence-corrected chi connectivity index (χ2v) is 12.7. The third-order valence-corrected chi connectivity index (χ3v) is 10.1. The Kier molecular flexibility index (Phi) is 6.16. The van der Waals surface area contributed by atoms with Crippen molar-refractivity contribution in [2.75, 3.05) is 31.1 Å². The van der Waals surface area contributed by atoms with E-state index in [4.69, 9.17) is 14.8 Å². The van der Waals surface area contributed by atoms with Crippen molar-refractivity contribution < 1.29 is 9.53 Å². The molecule has 214 valence electrons. The molecule has 2 N–H and O–H groups in total. The molecule has 1 amide bonds. The molecule has 5 aliphatic rings. The summed E-state index contributed by atoms with van der Waals surface area (Å²) in [5.41, 5.74) is 6.91. The van der Waals surface area contributed by atoms with Crippen LogP contribution in [0, 0.1) is 26.2 Å². The number of hydrogen-bond donors (Lipinski definition) is 2. The fourth-order valence-electron chi connectivity index (χ4n) is 7.70. The van der Waals surface area contributed by atoms with E-state index in [1.807, 2.05) is 25.6 Å². The Bertz CT molecular complexity index is 1440. The first-order valence-electron chi connectivity index (χ1n) is 14.9. The standard InChI is InChI=1S/C29H41N9O2/c1-18-21-16-37(26-25-24(31-20(3)32-26)19(2)34-36(25)4)13-5-22(21)38(35-18)17-28-6-9-29(10-7-28,11-8-28)33-27(39)23-15-30-12-14-40-23/h23,30H,5-17H2,1-4H3,(H,33,39). The number of rotatable bonds is 5. The van der Waals surface area contributed by atoms with E-state index < -0.39 is 0 Å². The number of hydrogen-bond acceptors (Lipinski definition) is 8. The molecule has 8 rings (SSSR count). The van der Waals surface area contributed by atoms with Crippen molar-refractivity contribution in [3.05, 3.63) is 28.5 Å². The minimum absolute atomic E-state index is 0.0559. The first kappa shape index (κ1) is 25.9. The van der Waals surface area contributed by atoms with Gasteiger partial charge in [0.15, 0.2) is 5.82 Å². The van der Waals surface area contributed by atoms with Gasteiger partial charge in [0.25, 0.3) is 5.91 Å². The first-order valence-corrected chi connectivity index (χ1v) is 14.9. The van der Waals surface area contributed by atoms with E-state index in [1.165, 1.54) is 11.3 Å². The molecule has 3 aromatic rings. The number of carbonyl (C=O) groups is 1. The summed E-state index contributed by atoms with van der Waals surface area (Å²) in [6, 6.07) is 0. The maximum atomic E-state index is 12.9. The molecule has 1 atom stereocenters. The van der Waals surface area contributed by atoms with Gasteiger partial charge in [-0.25, -0.2) is 9.97 Å². The van der Waals surface area contributed by atoms with E-state index in [9.17, 15) is 4.79 Å². The number of carbonyl (C=O) groups excluding carboxylic acids is 1. The average molecular weight is 548 g/mol. The van der Waals surface area contributed by atoms with E-state index in [-0.39, 0.29) is 23.0 Å². The molecule has 1 unspecified atom stereocenters. The third kappa shape index (κ3) is 4.29. The van der Waals surface area contributed by atoms with Crippen LogP contribution in [0.1, 0.15) is 67.0 Å². The number of nitrogens with one attached hydrogen (secondary N) is 2. The van der Waals surface area contributed by atoms with Crippen LogP contribution < -0.4 is 15.5 Å². The van der Waals surface area contributed by atoms with E-state index in [1.54, 1.807) is 0 Å². The lowest BCUT2D eigenvalue weighted by molar-refractivity contribution is -0.138. The van der Waals surface area contributed by atoms with Gasteiger partial charge in [0.05, 0.1) is 18.0 Å². The molecule has 3 aliphatic carbocycles. The Labute approximate surface area is 235 Å². The number of fused-ring (bicyclic) bond motifs is 5. The summed E-state index contributed by atoms with van der Waals surface area (Å²) in [6.45, 7) is 10.8. The van der Waals surface area contributed by atoms with Crippen LogP contribution in [-0.4, -0.2) is 73.3 Å². The first-order chi connectivity index (χ1) is 19.2. The van der Waals surface area contributed by atoms with Crippen LogP contribution in [0.2, 0.25) is 0 Å². The Morgan fingerprint density at radius 2 is 1.85 bits per heavy atom. The lowest BCUT2D eigenvalue weighted by Crippen LogP contribution is -2.60. The van der Waals surface area contributed by atoms with Crippen LogP contribution in [0.15, 0.2) is 0 Å². The highest BCUT2D eigenvalue weighted by Gasteiger charge is 2.50. The lowest BCUT2D eigenvalue weighted by atomic mass is 9.57. The number of nitrogens with zero attached hydrogens (tertiary/aromatic N) is 7. The Morgan fingerprint density at radius 3 is 2.58 bits per heavy atom. The van der Waals surface area contributed by atoms with Crippen LogP contribution in [0.3, 0.4) is 0 Å². The van der Waals surface area contributed by atoms with E-state index in [0.717, 1.165) is 105 Å². The van der Waals surface area contributed by atoms with Crippen LogP contribution in [0.25, 0.3) is 11.0 Å². The van der Waals surface area contributed by atoms with Gasteiger partial charge in [-0.15, -0.1) is 0 Å². The molecule has 3 saturated carbocycles. The summed E-state index contributed by atoms with van der Waals surface area (Å²) >= 11 is 0. The largest absolute Gasteiger partial charge is 0.366 e. The number of ether oxygens (including phenoxy) is 1. The molecule has 11 nitrogen and oxygen atoms in total. The average Bonchev–Trinajstić information content (AvgIpc) is 3.43. The SMILES string of the molecule is Cc1nc(N2CCc3c(c(C)nn3CC34CCC(NC(=O)C5CNCCO5)(CC3)CC4)C2)c2c(n1)c(C)nn2C. The zero-order valence-electron chi connectivity index (χ0n) is 24.2. The lowest BCUT2D eigenvalue weighted by Gasteiger charge is -2.54. The molecule has 1 saturated heterocycles. The van der Waals surface area contributed by atoms with Gasteiger partial charge in [-0.2, -0.15) is 10.2 Å². The Hall–Kier alpha value is -3.05. The summed E-state index contributed by atoms with van der Waals surface area (Å²) < 4.78 is 9.95. The minimum atomic E-state index is -0.362. The van der Waals surface area contributed by atoms with Gasteiger partial charge in [0.1, 0.15) is 23.0 Å². The summed E-state index contributed by atoms with van der Waals surface area (Å²) in [5.74, 6) is 1.80. The number of morpholine rings is 1. The highest BCUT2D eigenvalue weighted by atomic mass is 16.5. The second kappa shape index (κ2) is 9.51. The van der Waals surface area contributed by atoms with Crippen LogP contribution in [0.5, 0.6) is 0 Å². The molecule has 3 aromatic heterocycles. The molecule has 5 heterocycles. The van der Waals surface area contributed by atoms with E-state index in [0.29, 0.717) is 13.2 Å². The van der Waals surface area contributed by atoms with Crippen molar-refractivity contribution in [3.8, 4) is 0 Å². The molecule has 11 heteroatoms. The number of aryl methyl sites for hydroxylation is 4. The van der Waals surface area contributed by atoms with Crippen LogP contribution in [0.4, 0.5) is 5.82 Å². The van der Waals surface area contributed by atoms with Gasteiger partial charge in [0, 0.05) is 63.0 Å². The molecular weight excluding hydrogens is 506 g/mol. The molecule has 0 aromatic carbocycles. The minimum Gasteiger partial charge on any atom is -0.366 e. The quantitative estimate of drug-likeness (QED) is 0.500. The smallest absolute Gasteiger partial charge is 0.250 e. The van der Waals surface area contributed by atoms with Gasteiger partial charge < -0.3 is 20.3 Å². The Morgan fingerprint density at radius 1 is 1.07 bits per heavy atom. The zero-order valence-corrected chi connectivity index (χ0v) is 24.2. The van der Waals surface area contributed by atoms with Crippen molar-refractivity contribution >= 4 is 22.8 Å². The van der Waals surface area contributed by atoms with Gasteiger partial charge in [-0.05, 0) is 64.7 Å². The molecule has 2 bridgehead atoms. The van der Waals surface area contributed by atoms with Crippen molar-refractivity contribution in [3.63, 3.8) is 0 Å². The summed E-state index contributed by atoms with van der Waals surface area (Å²) in [4.78, 5) is 24.8. The monoisotopic (exact) mass is 547 g/mol. The highest BCUT2D eigenvalue weighted by Crippen LogP contribution is 2.53. The van der Waals surface area contributed by atoms with Gasteiger partial charge in [-0.1, -0.05) is 0 Å². The molecular formula is C29H41N9O2. The molecule has 0 spiro atoms. The predicted octanol–water partition coefficient (Wildman–Crippen LogP) is 2.25. The fourth-order valence-corrected chi connectivity index (χ4v) is 7.70. The topological polar surface area (TPSA) is 115 Å². The van der Waals surface area contributed by atoms with Gasteiger partial charge in [-0.3, -0.25) is 14.2 Å². The van der Waals surface area contributed by atoms with Gasteiger partial charge >= 0.3 is 0 Å². The number of aromatic nitrogens is 6. The van der Waals surface area contributed by atoms with Crippen LogP contribution in [-0.2, 0) is 36.1 Å². The summed E-state index contributed by atoms with van der Waals surface area (Å²) in [6.07, 6.45) is 7.12. The maximum absolute atomic E-state index is 12.9. The van der Waals surface area contributed by atoms with E-state index in [2.05, 4.69) is 37.2 Å². The maximum Gasteiger partial charge on any atom is 0.250 e. The Balaban J connectivity index is 1.07. The fraction of sp³-hybridized carbons (Fsp3) is 0.690.